The Bertz CT molecular complexity index is 84.6. The van der Waals surface area contributed by atoms with E-state index in [0.717, 1.165) is 0 Å². The van der Waals surface area contributed by atoms with Gasteiger partial charge >= 0.3 is 0 Å². The molecule has 0 amide bonds. The van der Waals surface area contributed by atoms with E-state index in [1.807, 2.05) is 0 Å². The Hall–Kier alpha value is -0.160. The van der Waals surface area contributed by atoms with Gasteiger partial charge in [0.1, 0.15) is 0 Å². The number of rotatable bonds is 0. The standard InChI is InChI=1S/C4H6O4/c5-3(6)1-4(7,8)2-3/h1-2,5-8H. The van der Waals surface area contributed by atoms with Crippen molar-refractivity contribution in [3.8, 4) is 0 Å². The van der Waals surface area contributed by atoms with Crippen LogP contribution in [0.4, 0.5) is 0 Å². The molecule has 0 spiro atoms. The van der Waals surface area contributed by atoms with Crippen molar-refractivity contribution in [1.82, 2.24) is 0 Å². The lowest BCUT2D eigenvalue weighted by atomic mass is 9.84. The molecule has 1 aliphatic carbocycles. The van der Waals surface area contributed by atoms with Crippen molar-refractivity contribution in [3.63, 3.8) is 0 Å². The molecule has 8 heavy (non-hydrogen) atoms. The van der Waals surface area contributed by atoms with Crippen LogP contribution in [0, 0.1) is 12.8 Å². The predicted molar refractivity (Wildman–Crippen MR) is 22.9 cm³/mol. The van der Waals surface area contributed by atoms with Crippen molar-refractivity contribution in [3.05, 3.63) is 12.8 Å². The predicted octanol–water partition coefficient (Wildman–Crippen LogP) is -2.23. The molecule has 1 rings (SSSR count). The fourth-order valence-corrected chi connectivity index (χ4v) is 0.612. The van der Waals surface area contributed by atoms with E-state index in [1.165, 1.54) is 0 Å². The molecule has 0 saturated heterocycles. The molecule has 0 unspecified atom stereocenters. The van der Waals surface area contributed by atoms with E-state index in [-0.39, 0.29) is 0 Å². The lowest BCUT2D eigenvalue weighted by Crippen LogP contribution is -2.58. The number of hydrogen-bond acceptors (Lipinski definition) is 4. The van der Waals surface area contributed by atoms with E-state index < -0.39 is 11.6 Å². The van der Waals surface area contributed by atoms with Crippen LogP contribution in [0.2, 0.25) is 0 Å². The summed E-state index contributed by atoms with van der Waals surface area (Å²) in [6.45, 7) is 0. The molecular weight excluding hydrogens is 112 g/mol. The van der Waals surface area contributed by atoms with Crippen LogP contribution < -0.4 is 0 Å². The van der Waals surface area contributed by atoms with Gasteiger partial charge in [0.15, 0.2) is 11.6 Å². The van der Waals surface area contributed by atoms with Crippen LogP contribution in [0.3, 0.4) is 0 Å². The maximum atomic E-state index is 8.37. The molecule has 1 aliphatic rings. The fraction of sp³-hybridized carbons (Fsp3) is 0.500. The van der Waals surface area contributed by atoms with Crippen LogP contribution in [0.1, 0.15) is 0 Å². The topological polar surface area (TPSA) is 80.9 Å². The zero-order chi connectivity index (χ0) is 6.41. The Morgan fingerprint density at radius 3 is 1.00 bits per heavy atom. The van der Waals surface area contributed by atoms with E-state index in [0.29, 0.717) is 12.8 Å². The van der Waals surface area contributed by atoms with Gasteiger partial charge in [0, 0.05) is 0 Å². The highest BCUT2D eigenvalue weighted by atomic mass is 16.6. The molecule has 0 aliphatic heterocycles. The SMILES string of the molecule is OC1(O)[CH]C(O)(O)[CH]1. The minimum absolute atomic E-state index is 0.597. The van der Waals surface area contributed by atoms with Crippen LogP contribution >= 0.6 is 0 Å². The minimum atomic E-state index is -2.09. The van der Waals surface area contributed by atoms with Gasteiger partial charge in [0.25, 0.3) is 0 Å². The highest BCUT2D eigenvalue weighted by molar-refractivity contribution is 5.22. The number of hydrogen-bond donors (Lipinski definition) is 4. The first-order chi connectivity index (χ1) is 3.41. The summed E-state index contributed by atoms with van der Waals surface area (Å²) in [5, 5.41) is 33.5. The van der Waals surface area contributed by atoms with Crippen LogP contribution in [0.15, 0.2) is 0 Å². The van der Waals surface area contributed by atoms with Crippen LogP contribution in [0.5, 0.6) is 0 Å². The smallest absolute Gasteiger partial charge is 0.180 e. The zero-order valence-electron chi connectivity index (χ0n) is 3.94. The van der Waals surface area contributed by atoms with Crippen molar-refractivity contribution in [2.45, 2.75) is 11.6 Å². The van der Waals surface area contributed by atoms with Gasteiger partial charge in [-0.1, -0.05) is 0 Å². The molecule has 4 nitrogen and oxygen atoms in total. The molecule has 0 aromatic heterocycles. The van der Waals surface area contributed by atoms with Crippen LogP contribution in [-0.2, 0) is 0 Å². The third-order valence-electron chi connectivity index (χ3n) is 0.850. The molecule has 1 saturated carbocycles. The van der Waals surface area contributed by atoms with Gasteiger partial charge in [0.05, 0.1) is 12.8 Å². The van der Waals surface area contributed by atoms with Crippen molar-refractivity contribution in [2.24, 2.45) is 0 Å². The Morgan fingerprint density at radius 2 is 1.00 bits per heavy atom. The molecule has 4 N–H and O–H groups in total. The largest absolute Gasteiger partial charge is 0.365 e. The summed E-state index contributed by atoms with van der Waals surface area (Å²) in [5.74, 6) is -4.19. The van der Waals surface area contributed by atoms with Crippen LogP contribution in [0.25, 0.3) is 0 Å². The average molecular weight is 118 g/mol. The second-order valence-electron chi connectivity index (χ2n) is 1.85. The molecule has 0 heterocycles. The van der Waals surface area contributed by atoms with Gasteiger partial charge in [0.2, 0.25) is 0 Å². The highest BCUT2D eigenvalue weighted by Crippen LogP contribution is 2.34. The summed E-state index contributed by atoms with van der Waals surface area (Å²) in [6, 6.07) is 0. The van der Waals surface area contributed by atoms with Gasteiger partial charge in [-0.2, -0.15) is 0 Å². The summed E-state index contributed by atoms with van der Waals surface area (Å²) < 4.78 is 0. The van der Waals surface area contributed by atoms with E-state index in [1.54, 1.807) is 0 Å². The molecule has 2 radical (unpaired) electrons. The quantitative estimate of drug-likeness (QED) is 0.271. The lowest BCUT2D eigenvalue weighted by molar-refractivity contribution is -0.256. The summed E-state index contributed by atoms with van der Waals surface area (Å²) in [4.78, 5) is 0. The van der Waals surface area contributed by atoms with Crippen molar-refractivity contribution in [1.29, 1.82) is 0 Å². The Morgan fingerprint density at radius 1 is 0.750 bits per heavy atom. The fourth-order valence-electron chi connectivity index (χ4n) is 0.612. The first-order valence-corrected chi connectivity index (χ1v) is 2.05. The van der Waals surface area contributed by atoms with E-state index in [4.69, 9.17) is 20.4 Å². The molecule has 0 bridgehead atoms. The third kappa shape index (κ3) is 0.976. The van der Waals surface area contributed by atoms with Gasteiger partial charge in [-0.15, -0.1) is 0 Å². The van der Waals surface area contributed by atoms with E-state index in [2.05, 4.69) is 0 Å². The molecule has 0 atom stereocenters. The third-order valence-corrected chi connectivity index (χ3v) is 0.850. The first-order valence-electron chi connectivity index (χ1n) is 2.05. The summed E-state index contributed by atoms with van der Waals surface area (Å²) in [6.07, 6.45) is 1.19. The molecule has 46 valence electrons. The maximum Gasteiger partial charge on any atom is 0.180 e. The van der Waals surface area contributed by atoms with E-state index in [9.17, 15) is 0 Å². The summed E-state index contributed by atoms with van der Waals surface area (Å²) in [7, 11) is 0. The first kappa shape index (κ1) is 5.97. The monoisotopic (exact) mass is 118 g/mol. The lowest BCUT2D eigenvalue weighted by Gasteiger charge is -2.41. The molecule has 4 heteroatoms. The van der Waals surface area contributed by atoms with Crippen molar-refractivity contribution in [2.75, 3.05) is 0 Å². The van der Waals surface area contributed by atoms with Gasteiger partial charge < -0.3 is 20.4 Å². The summed E-state index contributed by atoms with van der Waals surface area (Å²) in [5.41, 5.74) is 0. The van der Waals surface area contributed by atoms with Gasteiger partial charge in [-0.05, 0) is 0 Å². The second-order valence-corrected chi connectivity index (χ2v) is 1.85. The Labute approximate surface area is 46.0 Å². The summed E-state index contributed by atoms with van der Waals surface area (Å²) >= 11 is 0. The normalized spacial score (nSPS) is 31.5. The maximum absolute atomic E-state index is 8.37. The number of aliphatic hydroxyl groups is 4. The Kier molecular flexibility index (Phi) is 0.908. The molecule has 0 aromatic carbocycles. The highest BCUT2D eigenvalue weighted by Gasteiger charge is 2.52. The van der Waals surface area contributed by atoms with Crippen molar-refractivity contribution >= 4 is 0 Å². The second kappa shape index (κ2) is 1.22. The van der Waals surface area contributed by atoms with Gasteiger partial charge in [-0.3, -0.25) is 0 Å². The minimum Gasteiger partial charge on any atom is -0.365 e. The molecular formula is C4H6O4. The Balaban J connectivity index is 2.42. The molecule has 0 aromatic rings. The van der Waals surface area contributed by atoms with Crippen LogP contribution in [-0.4, -0.2) is 32.0 Å². The molecule has 1 fully saturated rings. The van der Waals surface area contributed by atoms with Gasteiger partial charge in [-0.25, -0.2) is 0 Å². The van der Waals surface area contributed by atoms with Crippen molar-refractivity contribution < 1.29 is 20.4 Å². The zero-order valence-corrected chi connectivity index (χ0v) is 3.94. The van der Waals surface area contributed by atoms with E-state index >= 15 is 0 Å². The average Bonchev–Trinajstić information content (AvgIpc) is 1.20.